The Morgan fingerprint density at radius 1 is 1.33 bits per heavy atom. The molecule has 6 heteroatoms. The van der Waals surface area contributed by atoms with E-state index in [0.29, 0.717) is 18.2 Å². The van der Waals surface area contributed by atoms with Gasteiger partial charge in [-0.15, -0.1) is 11.8 Å². The standard InChI is InChI=1S/C18H22N4OS/c1-12-20-16(19)10-17(21-12)22-9-5-6-13(11-22)18(23)14-7-3-4-8-15(14)24-2/h3-4,7-8,10,13H,5-6,9,11H2,1-2H3,(H2,19,20,21). The number of carbonyl (C=O) groups is 1. The smallest absolute Gasteiger partial charge is 0.168 e. The van der Waals surface area contributed by atoms with Crippen molar-refractivity contribution in [1.82, 2.24) is 9.97 Å². The topological polar surface area (TPSA) is 72.1 Å². The lowest BCUT2D eigenvalue weighted by molar-refractivity contribution is 0.0904. The summed E-state index contributed by atoms with van der Waals surface area (Å²) < 4.78 is 0. The molecule has 1 atom stereocenters. The molecule has 24 heavy (non-hydrogen) atoms. The highest BCUT2D eigenvalue weighted by Crippen LogP contribution is 2.28. The van der Waals surface area contributed by atoms with Gasteiger partial charge >= 0.3 is 0 Å². The second-order valence-electron chi connectivity index (χ2n) is 6.05. The zero-order chi connectivity index (χ0) is 17.1. The minimum Gasteiger partial charge on any atom is -0.384 e. The van der Waals surface area contributed by atoms with Gasteiger partial charge in [0.1, 0.15) is 17.5 Å². The summed E-state index contributed by atoms with van der Waals surface area (Å²) in [6.07, 6.45) is 3.89. The van der Waals surface area contributed by atoms with Gasteiger partial charge in [0.25, 0.3) is 0 Å². The lowest BCUT2D eigenvalue weighted by Gasteiger charge is -2.33. The van der Waals surface area contributed by atoms with Crippen molar-refractivity contribution in [3.63, 3.8) is 0 Å². The number of carbonyl (C=O) groups excluding carboxylic acids is 1. The maximum Gasteiger partial charge on any atom is 0.168 e. The maximum atomic E-state index is 13.0. The Morgan fingerprint density at radius 2 is 2.12 bits per heavy atom. The molecule has 2 N–H and O–H groups in total. The summed E-state index contributed by atoms with van der Waals surface area (Å²) in [5, 5.41) is 0. The van der Waals surface area contributed by atoms with Gasteiger partial charge in [-0.05, 0) is 32.1 Å². The average molecular weight is 342 g/mol. The molecule has 0 spiro atoms. The lowest BCUT2D eigenvalue weighted by Crippen LogP contribution is -2.39. The first kappa shape index (κ1) is 16.8. The van der Waals surface area contributed by atoms with E-state index in [1.165, 1.54) is 0 Å². The summed E-state index contributed by atoms with van der Waals surface area (Å²) in [6.45, 7) is 3.41. The number of Topliss-reactive ketones (excluding diaryl/α,β-unsaturated/α-hetero) is 1. The van der Waals surface area contributed by atoms with Crippen LogP contribution in [0.1, 0.15) is 29.0 Å². The number of ketones is 1. The minimum atomic E-state index is -0.0106. The fourth-order valence-electron chi connectivity index (χ4n) is 3.20. The molecule has 1 aromatic carbocycles. The predicted molar refractivity (Wildman–Crippen MR) is 98.7 cm³/mol. The van der Waals surface area contributed by atoms with Gasteiger partial charge in [0, 0.05) is 35.5 Å². The number of benzene rings is 1. The Labute approximate surface area is 146 Å². The van der Waals surface area contributed by atoms with Crippen molar-refractivity contribution in [2.75, 3.05) is 30.0 Å². The number of rotatable bonds is 4. The summed E-state index contributed by atoms with van der Waals surface area (Å²) in [7, 11) is 0. The number of nitrogens with two attached hydrogens (primary N) is 1. The number of aryl methyl sites for hydroxylation is 1. The van der Waals surface area contributed by atoms with Gasteiger partial charge in [-0.25, -0.2) is 9.97 Å². The average Bonchev–Trinajstić information content (AvgIpc) is 2.60. The van der Waals surface area contributed by atoms with Gasteiger partial charge in [0.15, 0.2) is 5.78 Å². The van der Waals surface area contributed by atoms with E-state index in [2.05, 4.69) is 14.9 Å². The van der Waals surface area contributed by atoms with Crippen molar-refractivity contribution in [3.8, 4) is 0 Å². The summed E-state index contributed by atoms with van der Waals surface area (Å²) in [4.78, 5) is 24.8. The molecule has 1 unspecified atom stereocenters. The number of hydrogen-bond acceptors (Lipinski definition) is 6. The van der Waals surface area contributed by atoms with E-state index in [9.17, 15) is 4.79 Å². The van der Waals surface area contributed by atoms with Crippen molar-refractivity contribution >= 4 is 29.2 Å². The van der Waals surface area contributed by atoms with E-state index < -0.39 is 0 Å². The first-order chi connectivity index (χ1) is 11.6. The van der Waals surface area contributed by atoms with Crippen LogP contribution < -0.4 is 10.6 Å². The van der Waals surface area contributed by atoms with E-state index >= 15 is 0 Å². The molecule has 1 aromatic heterocycles. The summed E-state index contributed by atoms with van der Waals surface area (Å²) in [5.41, 5.74) is 6.67. The molecule has 2 heterocycles. The molecule has 1 fully saturated rings. The summed E-state index contributed by atoms with van der Waals surface area (Å²) in [6, 6.07) is 9.63. The van der Waals surface area contributed by atoms with Gasteiger partial charge in [0.2, 0.25) is 0 Å². The van der Waals surface area contributed by atoms with Crippen LogP contribution in [0.3, 0.4) is 0 Å². The van der Waals surface area contributed by atoms with E-state index in [4.69, 9.17) is 5.73 Å². The molecule has 1 saturated heterocycles. The van der Waals surface area contributed by atoms with E-state index in [-0.39, 0.29) is 11.7 Å². The molecule has 0 aliphatic carbocycles. The van der Waals surface area contributed by atoms with Gasteiger partial charge in [-0.3, -0.25) is 4.79 Å². The van der Waals surface area contributed by atoms with Gasteiger partial charge in [-0.1, -0.05) is 18.2 Å². The molecular formula is C18H22N4OS. The molecule has 2 aromatic rings. The van der Waals surface area contributed by atoms with Crippen LogP contribution in [-0.2, 0) is 0 Å². The zero-order valence-corrected chi connectivity index (χ0v) is 14.8. The van der Waals surface area contributed by atoms with Crippen molar-refractivity contribution in [1.29, 1.82) is 0 Å². The molecular weight excluding hydrogens is 320 g/mol. The second kappa shape index (κ2) is 7.21. The number of thioether (sulfide) groups is 1. The molecule has 3 rings (SSSR count). The van der Waals surface area contributed by atoms with Crippen LogP contribution in [0.2, 0.25) is 0 Å². The lowest BCUT2D eigenvalue weighted by atomic mass is 9.90. The third-order valence-corrected chi connectivity index (χ3v) is 5.13. The fourth-order valence-corrected chi connectivity index (χ4v) is 3.81. The Bertz CT molecular complexity index is 729. The molecule has 0 radical (unpaired) electrons. The first-order valence-electron chi connectivity index (χ1n) is 8.12. The SMILES string of the molecule is CSc1ccccc1C(=O)C1CCCN(c2cc(N)nc(C)n2)C1. The molecule has 1 aliphatic heterocycles. The van der Waals surface area contributed by atoms with Crippen molar-refractivity contribution in [2.24, 2.45) is 5.92 Å². The number of anilines is 2. The van der Waals surface area contributed by atoms with Crippen LogP contribution >= 0.6 is 11.8 Å². The number of nitrogen functional groups attached to an aromatic ring is 1. The fraction of sp³-hybridized carbons (Fsp3) is 0.389. The molecule has 0 bridgehead atoms. The number of aromatic nitrogens is 2. The highest BCUT2D eigenvalue weighted by Gasteiger charge is 2.28. The van der Waals surface area contributed by atoms with E-state index in [0.717, 1.165) is 35.7 Å². The zero-order valence-electron chi connectivity index (χ0n) is 14.0. The Balaban J connectivity index is 1.81. The van der Waals surface area contributed by atoms with Crippen molar-refractivity contribution in [3.05, 3.63) is 41.7 Å². The first-order valence-corrected chi connectivity index (χ1v) is 9.34. The Kier molecular flexibility index (Phi) is 5.04. The molecule has 0 saturated carbocycles. The molecule has 5 nitrogen and oxygen atoms in total. The number of piperidine rings is 1. The van der Waals surface area contributed by atoms with Crippen LogP contribution in [0.25, 0.3) is 0 Å². The monoisotopic (exact) mass is 342 g/mol. The van der Waals surface area contributed by atoms with Crippen LogP contribution in [0.15, 0.2) is 35.2 Å². The highest BCUT2D eigenvalue weighted by molar-refractivity contribution is 7.98. The normalized spacial score (nSPS) is 17.8. The number of nitrogens with zero attached hydrogens (tertiary/aromatic N) is 3. The quantitative estimate of drug-likeness (QED) is 0.679. The van der Waals surface area contributed by atoms with Crippen LogP contribution in [-0.4, -0.2) is 35.1 Å². The van der Waals surface area contributed by atoms with Gasteiger partial charge in [-0.2, -0.15) is 0 Å². The van der Waals surface area contributed by atoms with Crippen molar-refractivity contribution in [2.45, 2.75) is 24.7 Å². The predicted octanol–water partition coefficient (Wildman–Crippen LogP) is 3.19. The van der Waals surface area contributed by atoms with Crippen LogP contribution in [0.5, 0.6) is 0 Å². The Hall–Kier alpha value is -2.08. The maximum absolute atomic E-state index is 13.0. The molecule has 1 aliphatic rings. The summed E-state index contributed by atoms with van der Waals surface area (Å²) in [5.74, 6) is 2.16. The summed E-state index contributed by atoms with van der Waals surface area (Å²) >= 11 is 1.62. The third kappa shape index (κ3) is 3.53. The third-order valence-electron chi connectivity index (χ3n) is 4.33. The van der Waals surface area contributed by atoms with Gasteiger partial charge in [0.05, 0.1) is 0 Å². The Morgan fingerprint density at radius 3 is 2.88 bits per heavy atom. The van der Waals surface area contributed by atoms with Crippen LogP contribution in [0.4, 0.5) is 11.6 Å². The molecule has 126 valence electrons. The minimum absolute atomic E-state index is 0.0106. The van der Waals surface area contributed by atoms with Gasteiger partial charge < -0.3 is 10.6 Å². The van der Waals surface area contributed by atoms with Crippen molar-refractivity contribution < 1.29 is 4.79 Å². The van der Waals surface area contributed by atoms with E-state index in [1.54, 1.807) is 17.8 Å². The number of hydrogen-bond donors (Lipinski definition) is 1. The highest BCUT2D eigenvalue weighted by atomic mass is 32.2. The van der Waals surface area contributed by atoms with E-state index in [1.807, 2.05) is 37.4 Å². The largest absolute Gasteiger partial charge is 0.384 e. The molecule has 0 amide bonds. The second-order valence-corrected chi connectivity index (χ2v) is 6.90. The van der Waals surface area contributed by atoms with Crippen LogP contribution in [0, 0.1) is 12.8 Å².